The molecular weight excluding hydrogens is 302 g/mol. The second-order valence-electron chi connectivity index (χ2n) is 6.19. The Morgan fingerprint density at radius 3 is 2.75 bits per heavy atom. The number of nitrogens with one attached hydrogen (secondary N) is 1. The SMILES string of the molecule is Cc1cc(Nc2cc(C)on2)nc(N2c3ccccc3CC2C)n1. The van der Waals surface area contributed by atoms with E-state index in [1.807, 2.05) is 26.0 Å². The standard InChI is InChI=1S/C18H19N5O/c1-11-8-16(20-17-10-13(3)24-22-17)21-18(19-11)23-12(2)9-14-6-4-5-7-15(14)23/h4-8,10,12H,9H2,1-3H3,(H,19,20,21,22). The average molecular weight is 321 g/mol. The smallest absolute Gasteiger partial charge is 0.232 e. The van der Waals surface area contributed by atoms with Gasteiger partial charge in [0.2, 0.25) is 5.95 Å². The number of hydrogen-bond donors (Lipinski definition) is 1. The maximum atomic E-state index is 5.09. The molecule has 0 fully saturated rings. The Labute approximate surface area is 140 Å². The van der Waals surface area contributed by atoms with Crippen molar-refractivity contribution in [2.24, 2.45) is 0 Å². The van der Waals surface area contributed by atoms with Crippen LogP contribution in [-0.2, 0) is 6.42 Å². The van der Waals surface area contributed by atoms with E-state index in [1.165, 1.54) is 11.3 Å². The third kappa shape index (κ3) is 2.60. The van der Waals surface area contributed by atoms with Gasteiger partial charge in [-0.05, 0) is 38.8 Å². The minimum absolute atomic E-state index is 0.325. The summed E-state index contributed by atoms with van der Waals surface area (Å²) in [5.41, 5.74) is 3.41. The molecule has 0 saturated carbocycles. The fraction of sp³-hybridized carbons (Fsp3) is 0.278. The summed E-state index contributed by atoms with van der Waals surface area (Å²) in [4.78, 5) is 11.5. The molecule has 1 atom stereocenters. The number of rotatable bonds is 3. The summed E-state index contributed by atoms with van der Waals surface area (Å²) in [5, 5.41) is 7.14. The molecule has 0 aliphatic carbocycles. The molecule has 6 heteroatoms. The Hall–Kier alpha value is -2.89. The van der Waals surface area contributed by atoms with Crippen LogP contribution in [0.25, 0.3) is 0 Å². The molecule has 2 aromatic heterocycles. The second kappa shape index (κ2) is 5.63. The molecule has 1 unspecified atom stereocenters. The van der Waals surface area contributed by atoms with Gasteiger partial charge in [-0.3, -0.25) is 0 Å². The molecule has 1 aliphatic heterocycles. The Bertz CT molecular complexity index is 889. The number of aryl methyl sites for hydroxylation is 2. The number of benzene rings is 1. The molecule has 3 heterocycles. The lowest BCUT2D eigenvalue weighted by Crippen LogP contribution is -2.26. The van der Waals surface area contributed by atoms with Gasteiger partial charge in [-0.1, -0.05) is 23.4 Å². The number of aromatic nitrogens is 3. The van der Waals surface area contributed by atoms with Crippen LogP contribution in [0.5, 0.6) is 0 Å². The number of para-hydroxylation sites is 1. The fourth-order valence-corrected chi connectivity index (χ4v) is 3.15. The quantitative estimate of drug-likeness (QED) is 0.789. The van der Waals surface area contributed by atoms with E-state index in [0.29, 0.717) is 23.6 Å². The molecule has 1 aromatic carbocycles. The van der Waals surface area contributed by atoms with E-state index in [4.69, 9.17) is 9.51 Å². The first-order chi connectivity index (χ1) is 11.6. The Morgan fingerprint density at radius 1 is 1.12 bits per heavy atom. The van der Waals surface area contributed by atoms with Crippen molar-refractivity contribution >= 4 is 23.3 Å². The summed E-state index contributed by atoms with van der Waals surface area (Å²) in [6.07, 6.45) is 0.999. The highest BCUT2D eigenvalue weighted by Gasteiger charge is 2.29. The minimum atomic E-state index is 0.325. The van der Waals surface area contributed by atoms with Crippen LogP contribution in [0.4, 0.5) is 23.3 Å². The number of hydrogen-bond acceptors (Lipinski definition) is 6. The first-order valence-corrected chi connectivity index (χ1v) is 8.03. The van der Waals surface area contributed by atoms with Gasteiger partial charge in [-0.25, -0.2) is 4.98 Å². The van der Waals surface area contributed by atoms with Gasteiger partial charge in [0, 0.05) is 29.6 Å². The van der Waals surface area contributed by atoms with Crippen molar-refractivity contribution < 1.29 is 4.52 Å². The lowest BCUT2D eigenvalue weighted by Gasteiger charge is -2.23. The summed E-state index contributed by atoms with van der Waals surface area (Å²) < 4.78 is 5.09. The first-order valence-electron chi connectivity index (χ1n) is 8.03. The van der Waals surface area contributed by atoms with Gasteiger partial charge in [-0.15, -0.1) is 0 Å². The Kier molecular flexibility index (Phi) is 3.45. The van der Waals surface area contributed by atoms with E-state index >= 15 is 0 Å². The largest absolute Gasteiger partial charge is 0.360 e. The summed E-state index contributed by atoms with van der Waals surface area (Å²) in [5.74, 6) is 2.81. The molecule has 6 nitrogen and oxygen atoms in total. The molecule has 122 valence electrons. The van der Waals surface area contributed by atoms with Gasteiger partial charge >= 0.3 is 0 Å². The van der Waals surface area contributed by atoms with Crippen molar-refractivity contribution in [1.29, 1.82) is 0 Å². The highest BCUT2D eigenvalue weighted by atomic mass is 16.5. The normalized spacial score (nSPS) is 16.3. The molecule has 1 aliphatic rings. The summed E-state index contributed by atoms with van der Waals surface area (Å²) in [7, 11) is 0. The summed E-state index contributed by atoms with van der Waals surface area (Å²) in [6.45, 7) is 6.02. The Balaban J connectivity index is 1.71. The first kappa shape index (κ1) is 14.7. The van der Waals surface area contributed by atoms with E-state index in [2.05, 4.69) is 51.5 Å². The van der Waals surface area contributed by atoms with Gasteiger partial charge in [-0.2, -0.15) is 4.98 Å². The molecule has 24 heavy (non-hydrogen) atoms. The van der Waals surface area contributed by atoms with Gasteiger partial charge in [0.25, 0.3) is 0 Å². The monoisotopic (exact) mass is 321 g/mol. The molecule has 0 saturated heterocycles. The van der Waals surface area contributed by atoms with Crippen LogP contribution >= 0.6 is 0 Å². The zero-order valence-corrected chi connectivity index (χ0v) is 13.9. The topological polar surface area (TPSA) is 67.1 Å². The highest BCUT2D eigenvalue weighted by molar-refractivity contribution is 5.68. The molecule has 0 amide bonds. The van der Waals surface area contributed by atoms with Crippen molar-refractivity contribution in [1.82, 2.24) is 15.1 Å². The van der Waals surface area contributed by atoms with E-state index in [1.54, 1.807) is 0 Å². The predicted molar refractivity (Wildman–Crippen MR) is 93.0 cm³/mol. The maximum absolute atomic E-state index is 5.09. The van der Waals surface area contributed by atoms with E-state index in [0.717, 1.165) is 17.9 Å². The average Bonchev–Trinajstić information content (AvgIpc) is 3.08. The van der Waals surface area contributed by atoms with Crippen LogP contribution < -0.4 is 10.2 Å². The van der Waals surface area contributed by atoms with E-state index in [-0.39, 0.29) is 0 Å². The molecule has 0 radical (unpaired) electrons. The number of fused-ring (bicyclic) bond motifs is 1. The summed E-state index contributed by atoms with van der Waals surface area (Å²) >= 11 is 0. The lowest BCUT2D eigenvalue weighted by atomic mass is 10.1. The van der Waals surface area contributed by atoms with Crippen LogP contribution in [0.15, 0.2) is 40.9 Å². The molecule has 1 N–H and O–H groups in total. The zero-order valence-electron chi connectivity index (χ0n) is 13.9. The van der Waals surface area contributed by atoms with Crippen molar-refractivity contribution in [3.63, 3.8) is 0 Å². The highest BCUT2D eigenvalue weighted by Crippen LogP contribution is 2.36. The van der Waals surface area contributed by atoms with Crippen LogP contribution in [0.1, 0.15) is 23.9 Å². The van der Waals surface area contributed by atoms with Crippen LogP contribution in [0.3, 0.4) is 0 Å². The zero-order chi connectivity index (χ0) is 16.7. The van der Waals surface area contributed by atoms with Gasteiger partial charge < -0.3 is 14.7 Å². The van der Waals surface area contributed by atoms with E-state index < -0.39 is 0 Å². The fourth-order valence-electron chi connectivity index (χ4n) is 3.15. The molecule has 0 spiro atoms. The van der Waals surface area contributed by atoms with Crippen molar-refractivity contribution in [3.05, 3.63) is 53.4 Å². The van der Waals surface area contributed by atoms with Crippen LogP contribution in [0, 0.1) is 13.8 Å². The molecule has 3 aromatic rings. The molecule has 0 bridgehead atoms. The van der Waals surface area contributed by atoms with Crippen molar-refractivity contribution in [3.8, 4) is 0 Å². The van der Waals surface area contributed by atoms with E-state index in [9.17, 15) is 0 Å². The molecule has 4 rings (SSSR count). The lowest BCUT2D eigenvalue weighted by molar-refractivity contribution is 0.400. The third-order valence-electron chi connectivity index (χ3n) is 4.15. The number of anilines is 4. The third-order valence-corrected chi connectivity index (χ3v) is 4.15. The van der Waals surface area contributed by atoms with Crippen LogP contribution in [0.2, 0.25) is 0 Å². The Morgan fingerprint density at radius 2 is 1.96 bits per heavy atom. The maximum Gasteiger partial charge on any atom is 0.232 e. The van der Waals surface area contributed by atoms with Crippen LogP contribution in [-0.4, -0.2) is 21.2 Å². The summed E-state index contributed by atoms with van der Waals surface area (Å²) in [6, 6.07) is 12.5. The van der Waals surface area contributed by atoms with Gasteiger partial charge in [0.15, 0.2) is 5.82 Å². The van der Waals surface area contributed by atoms with Gasteiger partial charge in [0.1, 0.15) is 11.6 Å². The van der Waals surface area contributed by atoms with Gasteiger partial charge in [0.05, 0.1) is 0 Å². The van der Waals surface area contributed by atoms with Crippen molar-refractivity contribution in [2.75, 3.05) is 10.2 Å². The molecular formula is C18H19N5O. The van der Waals surface area contributed by atoms with Crippen molar-refractivity contribution in [2.45, 2.75) is 33.2 Å². The number of nitrogens with zero attached hydrogens (tertiary/aromatic N) is 4. The second-order valence-corrected chi connectivity index (χ2v) is 6.19. The predicted octanol–water partition coefficient (Wildman–Crippen LogP) is 3.91. The minimum Gasteiger partial charge on any atom is -0.360 e.